The highest BCUT2D eigenvalue weighted by atomic mass is 16.6. The second kappa shape index (κ2) is 8.02. The molecule has 2 aromatic rings. The molecular weight excluding hydrogens is 282 g/mol. The Morgan fingerprint density at radius 3 is 2.18 bits per heavy atom. The highest BCUT2D eigenvalue weighted by Gasteiger charge is 2.04. The first-order valence-corrected chi connectivity index (χ1v) is 7.19. The summed E-state index contributed by atoms with van der Waals surface area (Å²) in [4.78, 5) is 10.1. The van der Waals surface area contributed by atoms with Gasteiger partial charge in [-0.3, -0.25) is 10.1 Å². The summed E-state index contributed by atoms with van der Waals surface area (Å²) in [5.41, 5.74) is 1.35. The molecule has 116 valence electrons. The molecule has 0 unspecified atom stereocenters. The Morgan fingerprint density at radius 2 is 1.59 bits per heavy atom. The van der Waals surface area contributed by atoms with E-state index in [0.29, 0.717) is 12.4 Å². The minimum Gasteiger partial charge on any atom is -0.497 e. The Hall–Kier alpha value is -2.56. The van der Waals surface area contributed by atoms with Gasteiger partial charge in [0.15, 0.2) is 0 Å². The summed E-state index contributed by atoms with van der Waals surface area (Å²) in [6, 6.07) is 14.2. The third kappa shape index (κ3) is 4.77. The number of hydrogen-bond acceptors (Lipinski definition) is 4. The molecule has 0 aliphatic carbocycles. The molecule has 0 bridgehead atoms. The van der Waals surface area contributed by atoms with E-state index in [2.05, 4.69) is 12.1 Å². The van der Waals surface area contributed by atoms with Gasteiger partial charge >= 0.3 is 0 Å². The van der Waals surface area contributed by atoms with E-state index in [1.807, 2.05) is 12.1 Å². The Bertz CT molecular complexity index is 593. The minimum absolute atomic E-state index is 0.0758. The number of non-ortho nitro benzene ring substituents is 1. The van der Waals surface area contributed by atoms with Crippen molar-refractivity contribution in [3.63, 3.8) is 0 Å². The number of rotatable bonds is 8. The van der Waals surface area contributed by atoms with Crippen molar-refractivity contribution in [2.24, 2.45) is 0 Å². The summed E-state index contributed by atoms with van der Waals surface area (Å²) in [5, 5.41) is 10.5. The van der Waals surface area contributed by atoms with E-state index in [1.165, 1.54) is 17.7 Å². The average molecular weight is 301 g/mol. The summed E-state index contributed by atoms with van der Waals surface area (Å²) >= 11 is 0. The molecule has 0 radical (unpaired) electrons. The molecule has 0 amide bonds. The molecule has 0 aliphatic rings. The van der Waals surface area contributed by atoms with Crippen molar-refractivity contribution in [2.75, 3.05) is 13.7 Å². The van der Waals surface area contributed by atoms with Gasteiger partial charge in [-0.2, -0.15) is 0 Å². The lowest BCUT2D eigenvalue weighted by Crippen LogP contribution is -1.98. The number of benzene rings is 2. The van der Waals surface area contributed by atoms with E-state index < -0.39 is 4.92 Å². The molecule has 0 heterocycles. The third-order valence-corrected chi connectivity index (χ3v) is 3.34. The lowest BCUT2D eigenvalue weighted by molar-refractivity contribution is -0.384. The molecule has 0 aromatic heterocycles. The third-order valence-electron chi connectivity index (χ3n) is 3.34. The van der Waals surface area contributed by atoms with Crippen LogP contribution in [0.3, 0.4) is 0 Å². The van der Waals surface area contributed by atoms with Crippen LogP contribution in [0.15, 0.2) is 48.5 Å². The van der Waals surface area contributed by atoms with Gasteiger partial charge in [0.2, 0.25) is 0 Å². The summed E-state index contributed by atoms with van der Waals surface area (Å²) in [6.45, 7) is 0.605. The van der Waals surface area contributed by atoms with Gasteiger partial charge in [0.05, 0.1) is 18.6 Å². The van der Waals surface area contributed by atoms with Crippen molar-refractivity contribution in [3.8, 4) is 11.5 Å². The molecule has 0 saturated carbocycles. The number of unbranched alkanes of at least 4 members (excludes halogenated alkanes) is 1. The lowest BCUT2D eigenvalue weighted by atomic mass is 10.1. The van der Waals surface area contributed by atoms with Crippen LogP contribution in [0.25, 0.3) is 0 Å². The molecule has 0 aliphatic heterocycles. The SMILES string of the molecule is COc1ccc(CCCCOc2ccc([N+](=O)[O-])cc2)cc1. The first kappa shape index (κ1) is 15.8. The highest BCUT2D eigenvalue weighted by Crippen LogP contribution is 2.18. The monoisotopic (exact) mass is 301 g/mol. The van der Waals surface area contributed by atoms with E-state index in [4.69, 9.17) is 9.47 Å². The van der Waals surface area contributed by atoms with Crippen molar-refractivity contribution in [2.45, 2.75) is 19.3 Å². The Morgan fingerprint density at radius 1 is 0.955 bits per heavy atom. The van der Waals surface area contributed by atoms with Crippen molar-refractivity contribution in [1.82, 2.24) is 0 Å². The van der Waals surface area contributed by atoms with Crippen LogP contribution in [0.5, 0.6) is 11.5 Å². The van der Waals surface area contributed by atoms with Gasteiger partial charge < -0.3 is 9.47 Å². The Balaban J connectivity index is 1.67. The number of nitro benzene ring substituents is 1. The molecule has 0 fully saturated rings. The van der Waals surface area contributed by atoms with Crippen LogP contribution in [0.4, 0.5) is 5.69 Å². The van der Waals surface area contributed by atoms with E-state index in [-0.39, 0.29) is 5.69 Å². The van der Waals surface area contributed by atoms with E-state index >= 15 is 0 Å². The number of nitrogens with zero attached hydrogens (tertiary/aromatic N) is 1. The van der Waals surface area contributed by atoms with Gasteiger partial charge in [-0.25, -0.2) is 0 Å². The van der Waals surface area contributed by atoms with Gasteiger partial charge in [0.25, 0.3) is 5.69 Å². The van der Waals surface area contributed by atoms with Crippen molar-refractivity contribution in [1.29, 1.82) is 0 Å². The predicted molar refractivity (Wildman–Crippen MR) is 84.5 cm³/mol. The maximum absolute atomic E-state index is 10.5. The Labute approximate surface area is 129 Å². The molecule has 22 heavy (non-hydrogen) atoms. The van der Waals surface area contributed by atoms with Crippen LogP contribution in [0.2, 0.25) is 0 Å². The molecule has 0 saturated heterocycles. The van der Waals surface area contributed by atoms with Crippen LogP contribution in [0, 0.1) is 10.1 Å². The molecule has 0 atom stereocenters. The first-order valence-electron chi connectivity index (χ1n) is 7.19. The first-order chi connectivity index (χ1) is 10.7. The summed E-state index contributed by atoms with van der Waals surface area (Å²) in [6.07, 6.45) is 2.95. The molecule has 2 rings (SSSR count). The average Bonchev–Trinajstić information content (AvgIpc) is 2.55. The molecule has 0 N–H and O–H groups in total. The maximum Gasteiger partial charge on any atom is 0.269 e. The molecular formula is C17H19NO4. The number of nitro groups is 1. The van der Waals surface area contributed by atoms with Crippen molar-refractivity contribution >= 4 is 5.69 Å². The number of hydrogen-bond donors (Lipinski definition) is 0. The van der Waals surface area contributed by atoms with Crippen molar-refractivity contribution < 1.29 is 14.4 Å². The zero-order chi connectivity index (χ0) is 15.8. The van der Waals surface area contributed by atoms with E-state index in [0.717, 1.165) is 25.0 Å². The maximum atomic E-state index is 10.5. The zero-order valence-corrected chi connectivity index (χ0v) is 12.5. The van der Waals surface area contributed by atoms with E-state index in [1.54, 1.807) is 19.2 Å². The molecule has 5 heteroatoms. The quantitative estimate of drug-likeness (QED) is 0.420. The van der Waals surface area contributed by atoms with Gasteiger partial charge in [0.1, 0.15) is 11.5 Å². The summed E-state index contributed by atoms with van der Waals surface area (Å²) < 4.78 is 10.7. The largest absolute Gasteiger partial charge is 0.497 e. The fourth-order valence-electron chi connectivity index (χ4n) is 2.08. The second-order valence-corrected chi connectivity index (χ2v) is 4.90. The minimum atomic E-state index is -0.418. The van der Waals surface area contributed by atoms with Gasteiger partial charge in [-0.1, -0.05) is 12.1 Å². The number of ether oxygens (including phenoxy) is 2. The van der Waals surface area contributed by atoms with Crippen LogP contribution >= 0.6 is 0 Å². The summed E-state index contributed by atoms with van der Waals surface area (Å²) in [5.74, 6) is 1.53. The van der Waals surface area contributed by atoms with Gasteiger partial charge in [0, 0.05) is 12.1 Å². The van der Waals surface area contributed by atoms with Crippen LogP contribution in [-0.2, 0) is 6.42 Å². The lowest BCUT2D eigenvalue weighted by Gasteiger charge is -2.06. The zero-order valence-electron chi connectivity index (χ0n) is 12.5. The summed E-state index contributed by atoms with van der Waals surface area (Å²) in [7, 11) is 1.66. The molecule has 5 nitrogen and oxygen atoms in total. The normalized spacial score (nSPS) is 10.2. The fraction of sp³-hybridized carbons (Fsp3) is 0.294. The van der Waals surface area contributed by atoms with Crippen LogP contribution in [-0.4, -0.2) is 18.6 Å². The smallest absolute Gasteiger partial charge is 0.269 e. The standard InChI is InChI=1S/C17H19NO4/c1-21-16-9-5-14(6-10-16)4-2-3-13-22-17-11-7-15(8-12-17)18(19)20/h5-12H,2-4,13H2,1H3. The van der Waals surface area contributed by atoms with Crippen molar-refractivity contribution in [3.05, 3.63) is 64.2 Å². The topological polar surface area (TPSA) is 61.6 Å². The Kier molecular flexibility index (Phi) is 5.77. The van der Waals surface area contributed by atoms with Gasteiger partial charge in [-0.15, -0.1) is 0 Å². The second-order valence-electron chi connectivity index (χ2n) is 4.90. The number of methoxy groups -OCH3 is 1. The van der Waals surface area contributed by atoms with Gasteiger partial charge in [-0.05, 0) is 49.1 Å². The number of aryl methyl sites for hydroxylation is 1. The van der Waals surface area contributed by atoms with E-state index in [9.17, 15) is 10.1 Å². The molecule has 2 aromatic carbocycles. The van der Waals surface area contributed by atoms with Crippen LogP contribution < -0.4 is 9.47 Å². The molecule has 0 spiro atoms. The fourth-order valence-corrected chi connectivity index (χ4v) is 2.08. The predicted octanol–water partition coefficient (Wildman–Crippen LogP) is 4.01. The highest BCUT2D eigenvalue weighted by molar-refractivity contribution is 5.35. The van der Waals surface area contributed by atoms with Crippen LogP contribution in [0.1, 0.15) is 18.4 Å².